The molecular weight excluding hydrogens is 142 g/mol. The van der Waals surface area contributed by atoms with Gasteiger partial charge in [-0.25, -0.2) is 0 Å². The number of aromatic nitrogens is 1. The van der Waals surface area contributed by atoms with Crippen LogP contribution in [0.2, 0.25) is 0 Å². The van der Waals surface area contributed by atoms with E-state index < -0.39 is 5.97 Å². The van der Waals surface area contributed by atoms with Crippen LogP contribution in [0.3, 0.4) is 0 Å². The molecule has 0 spiro atoms. The molecule has 11 heavy (non-hydrogen) atoms. The first-order valence-electron chi connectivity index (χ1n) is 3.54. The number of aliphatic carboxylic acids is 1. The molecule has 0 saturated heterocycles. The first-order chi connectivity index (χ1) is 5.20. The third-order valence-corrected chi connectivity index (χ3v) is 1.61. The summed E-state index contributed by atoms with van der Waals surface area (Å²) in [5, 5.41) is 8.47. The maximum Gasteiger partial charge on any atom is 0.305 e. The van der Waals surface area contributed by atoms with E-state index in [1.807, 2.05) is 36.0 Å². The van der Waals surface area contributed by atoms with Crippen molar-refractivity contribution in [3.05, 3.63) is 24.5 Å². The highest BCUT2D eigenvalue weighted by Crippen LogP contribution is 2.09. The van der Waals surface area contributed by atoms with Gasteiger partial charge in [-0.1, -0.05) is 0 Å². The summed E-state index contributed by atoms with van der Waals surface area (Å²) in [5.74, 6) is -0.758. The molecule has 0 aliphatic rings. The van der Waals surface area contributed by atoms with Crippen LogP contribution in [0.15, 0.2) is 24.5 Å². The largest absolute Gasteiger partial charge is 0.481 e. The molecule has 0 aliphatic heterocycles. The predicted octanol–water partition coefficient (Wildman–Crippen LogP) is 1.52. The quantitative estimate of drug-likeness (QED) is 0.715. The number of carboxylic acids is 1. The minimum atomic E-state index is -0.758. The van der Waals surface area contributed by atoms with E-state index in [0.717, 1.165) is 0 Å². The highest BCUT2D eigenvalue weighted by atomic mass is 16.4. The minimum Gasteiger partial charge on any atom is -0.481 e. The maximum atomic E-state index is 10.3. The summed E-state index contributed by atoms with van der Waals surface area (Å²) in [5.41, 5.74) is 0. The Hall–Kier alpha value is -1.25. The molecule has 1 atom stereocenters. The van der Waals surface area contributed by atoms with Crippen molar-refractivity contribution < 1.29 is 9.90 Å². The summed E-state index contributed by atoms with van der Waals surface area (Å²) in [6, 6.07) is 3.82. The van der Waals surface area contributed by atoms with Crippen LogP contribution in [0.4, 0.5) is 0 Å². The van der Waals surface area contributed by atoms with Crippen LogP contribution in [-0.4, -0.2) is 15.6 Å². The molecule has 0 bridgehead atoms. The Morgan fingerprint density at radius 1 is 1.55 bits per heavy atom. The third-order valence-electron chi connectivity index (χ3n) is 1.61. The van der Waals surface area contributed by atoms with Gasteiger partial charge < -0.3 is 9.67 Å². The molecular formula is C8H11NO2. The number of nitrogens with zero attached hydrogens (tertiary/aromatic N) is 1. The molecule has 0 fully saturated rings. The molecule has 3 nitrogen and oxygen atoms in total. The van der Waals surface area contributed by atoms with Crippen LogP contribution in [0.25, 0.3) is 0 Å². The fourth-order valence-corrected chi connectivity index (χ4v) is 1.000. The molecule has 0 aliphatic carbocycles. The number of rotatable bonds is 3. The van der Waals surface area contributed by atoms with Gasteiger partial charge >= 0.3 is 5.97 Å². The Labute approximate surface area is 65.3 Å². The zero-order valence-electron chi connectivity index (χ0n) is 6.40. The molecule has 1 unspecified atom stereocenters. The van der Waals surface area contributed by atoms with Crippen molar-refractivity contribution in [3.8, 4) is 0 Å². The van der Waals surface area contributed by atoms with Crippen molar-refractivity contribution in [2.45, 2.75) is 19.4 Å². The van der Waals surface area contributed by atoms with E-state index in [1.54, 1.807) is 0 Å². The summed E-state index contributed by atoms with van der Waals surface area (Å²) in [6.45, 7) is 1.88. The Morgan fingerprint density at radius 3 is 2.55 bits per heavy atom. The number of carbonyl (C=O) groups is 1. The van der Waals surface area contributed by atoms with Crippen molar-refractivity contribution in [3.63, 3.8) is 0 Å². The summed E-state index contributed by atoms with van der Waals surface area (Å²) in [7, 11) is 0. The molecule has 0 radical (unpaired) electrons. The van der Waals surface area contributed by atoms with E-state index in [2.05, 4.69) is 0 Å². The summed E-state index contributed by atoms with van der Waals surface area (Å²) >= 11 is 0. The second kappa shape index (κ2) is 3.23. The fraction of sp³-hybridized carbons (Fsp3) is 0.375. The maximum absolute atomic E-state index is 10.3. The van der Waals surface area contributed by atoms with Crippen molar-refractivity contribution in [1.82, 2.24) is 4.57 Å². The first-order valence-corrected chi connectivity index (χ1v) is 3.54. The van der Waals surface area contributed by atoms with Crippen LogP contribution < -0.4 is 0 Å². The average Bonchev–Trinajstić information content (AvgIpc) is 2.35. The summed E-state index contributed by atoms with van der Waals surface area (Å²) < 4.78 is 1.88. The van der Waals surface area contributed by atoms with Gasteiger partial charge in [0.2, 0.25) is 0 Å². The van der Waals surface area contributed by atoms with Gasteiger partial charge in [-0.15, -0.1) is 0 Å². The van der Waals surface area contributed by atoms with Gasteiger partial charge in [-0.3, -0.25) is 4.79 Å². The zero-order chi connectivity index (χ0) is 8.27. The molecule has 60 valence electrons. The number of carboxylic acid groups (broad SMARTS) is 1. The Balaban J connectivity index is 2.56. The standard InChI is InChI=1S/C8H11NO2/c1-7(6-8(10)11)9-4-2-3-5-9/h2-5,7H,6H2,1H3,(H,10,11). The van der Waals surface area contributed by atoms with E-state index in [9.17, 15) is 4.79 Å². The third kappa shape index (κ3) is 2.11. The first kappa shape index (κ1) is 7.85. The second-order valence-electron chi connectivity index (χ2n) is 2.58. The predicted molar refractivity (Wildman–Crippen MR) is 41.4 cm³/mol. The van der Waals surface area contributed by atoms with Crippen LogP contribution in [0, 0.1) is 0 Å². The van der Waals surface area contributed by atoms with E-state index in [1.165, 1.54) is 0 Å². The van der Waals surface area contributed by atoms with E-state index in [0.29, 0.717) is 0 Å². The van der Waals surface area contributed by atoms with Crippen LogP contribution in [-0.2, 0) is 4.79 Å². The molecule has 3 heteroatoms. The van der Waals surface area contributed by atoms with Crippen LogP contribution >= 0.6 is 0 Å². The van der Waals surface area contributed by atoms with Crippen molar-refractivity contribution in [1.29, 1.82) is 0 Å². The van der Waals surface area contributed by atoms with E-state index >= 15 is 0 Å². The van der Waals surface area contributed by atoms with Gasteiger partial charge in [0.15, 0.2) is 0 Å². The SMILES string of the molecule is CC(CC(=O)O)n1cccc1. The summed E-state index contributed by atoms with van der Waals surface area (Å²) in [6.07, 6.45) is 3.91. The monoisotopic (exact) mass is 153 g/mol. The van der Waals surface area contributed by atoms with E-state index in [-0.39, 0.29) is 12.5 Å². The van der Waals surface area contributed by atoms with E-state index in [4.69, 9.17) is 5.11 Å². The van der Waals surface area contributed by atoms with Crippen LogP contribution in [0.5, 0.6) is 0 Å². The highest BCUT2D eigenvalue weighted by molar-refractivity contribution is 5.67. The van der Waals surface area contributed by atoms with Crippen LogP contribution in [0.1, 0.15) is 19.4 Å². The van der Waals surface area contributed by atoms with Gasteiger partial charge in [0, 0.05) is 18.4 Å². The van der Waals surface area contributed by atoms with Crippen molar-refractivity contribution in [2.75, 3.05) is 0 Å². The van der Waals surface area contributed by atoms with Gasteiger partial charge in [0.1, 0.15) is 0 Å². The fourth-order valence-electron chi connectivity index (χ4n) is 1.000. The zero-order valence-corrected chi connectivity index (χ0v) is 6.40. The topological polar surface area (TPSA) is 42.2 Å². The lowest BCUT2D eigenvalue weighted by molar-refractivity contribution is -0.137. The summed E-state index contributed by atoms with van der Waals surface area (Å²) in [4.78, 5) is 10.3. The molecule has 1 heterocycles. The highest BCUT2D eigenvalue weighted by Gasteiger charge is 2.06. The van der Waals surface area contributed by atoms with Gasteiger partial charge in [0.05, 0.1) is 6.42 Å². The van der Waals surface area contributed by atoms with Crippen molar-refractivity contribution in [2.24, 2.45) is 0 Å². The smallest absolute Gasteiger partial charge is 0.305 e. The molecule has 1 N–H and O–H groups in total. The van der Waals surface area contributed by atoms with Crippen molar-refractivity contribution >= 4 is 5.97 Å². The lowest BCUT2D eigenvalue weighted by Crippen LogP contribution is -2.08. The molecule has 1 rings (SSSR count). The normalized spacial score (nSPS) is 12.8. The number of hydrogen-bond donors (Lipinski definition) is 1. The molecule has 1 aromatic heterocycles. The Morgan fingerprint density at radius 2 is 2.09 bits per heavy atom. The second-order valence-corrected chi connectivity index (χ2v) is 2.58. The van der Waals surface area contributed by atoms with Gasteiger partial charge in [0.25, 0.3) is 0 Å². The van der Waals surface area contributed by atoms with Gasteiger partial charge in [-0.05, 0) is 19.1 Å². The minimum absolute atomic E-state index is 0.0440. The average molecular weight is 153 g/mol. The van der Waals surface area contributed by atoms with Gasteiger partial charge in [-0.2, -0.15) is 0 Å². The number of hydrogen-bond acceptors (Lipinski definition) is 1. The molecule has 0 aromatic carbocycles. The Bertz CT molecular complexity index is 228. The Kier molecular flexibility index (Phi) is 2.31. The molecule has 1 aromatic rings. The lowest BCUT2D eigenvalue weighted by atomic mass is 10.2. The molecule has 0 amide bonds. The lowest BCUT2D eigenvalue weighted by Gasteiger charge is -2.09. The molecule has 0 saturated carbocycles.